The van der Waals surface area contributed by atoms with Crippen LogP contribution in [-0.2, 0) is 0 Å². The second-order valence-electron chi connectivity index (χ2n) is 4.29. The minimum atomic E-state index is -1.07. The summed E-state index contributed by atoms with van der Waals surface area (Å²) in [7, 11) is 0. The van der Waals surface area contributed by atoms with E-state index < -0.39 is 11.4 Å². The van der Waals surface area contributed by atoms with E-state index in [1.807, 2.05) is 6.92 Å². The highest BCUT2D eigenvalue weighted by Crippen LogP contribution is 2.21. The van der Waals surface area contributed by atoms with E-state index in [1.54, 1.807) is 13.0 Å². The van der Waals surface area contributed by atoms with Crippen molar-refractivity contribution in [3.63, 3.8) is 0 Å². The molecule has 0 saturated heterocycles. The Morgan fingerprint density at radius 1 is 1.56 bits per heavy atom. The van der Waals surface area contributed by atoms with Crippen LogP contribution in [0.15, 0.2) is 18.2 Å². The average molecular weight is 252 g/mol. The quantitative estimate of drug-likeness (QED) is 0.804. The predicted octanol–water partition coefficient (Wildman–Crippen LogP) is 1.44. The molecule has 18 heavy (non-hydrogen) atoms. The number of nitrogens with one attached hydrogen (secondary N) is 1. The molecule has 0 aliphatic rings. The van der Waals surface area contributed by atoms with Gasteiger partial charge in [-0.1, -0.05) is 13.0 Å². The molecule has 5 heteroatoms. The Labute approximate surface area is 106 Å². The van der Waals surface area contributed by atoms with Crippen molar-refractivity contribution < 1.29 is 14.2 Å². The number of halogens is 1. The maximum Gasteiger partial charge on any atom is 0.144 e. The van der Waals surface area contributed by atoms with Gasteiger partial charge in [-0.15, -0.1) is 0 Å². The third-order valence-corrected chi connectivity index (χ3v) is 2.38. The summed E-state index contributed by atoms with van der Waals surface area (Å²) in [5.74, 6) is -0.476. The topological polar surface area (TPSA) is 65.3 Å². The maximum atomic E-state index is 13.3. The van der Waals surface area contributed by atoms with Gasteiger partial charge in [0.25, 0.3) is 0 Å². The minimum Gasteiger partial charge on any atom is -0.489 e. The van der Waals surface area contributed by atoms with E-state index in [4.69, 9.17) is 10.00 Å². The van der Waals surface area contributed by atoms with Crippen molar-refractivity contribution in [2.45, 2.75) is 19.4 Å². The Morgan fingerprint density at radius 2 is 2.28 bits per heavy atom. The summed E-state index contributed by atoms with van der Waals surface area (Å²) in [5, 5.41) is 21.8. The van der Waals surface area contributed by atoms with Gasteiger partial charge in [-0.3, -0.25) is 0 Å². The fourth-order valence-electron chi connectivity index (χ4n) is 1.41. The van der Waals surface area contributed by atoms with Crippen molar-refractivity contribution in [2.24, 2.45) is 0 Å². The van der Waals surface area contributed by atoms with Crippen molar-refractivity contribution in [1.29, 1.82) is 5.26 Å². The van der Waals surface area contributed by atoms with Crippen LogP contribution in [0.1, 0.15) is 19.4 Å². The Morgan fingerprint density at radius 3 is 2.89 bits per heavy atom. The largest absolute Gasteiger partial charge is 0.489 e. The smallest absolute Gasteiger partial charge is 0.144 e. The fourth-order valence-corrected chi connectivity index (χ4v) is 1.41. The summed E-state index contributed by atoms with van der Waals surface area (Å²) in [6.45, 7) is 4.62. The second kappa shape index (κ2) is 6.34. The van der Waals surface area contributed by atoms with E-state index in [2.05, 4.69) is 5.32 Å². The van der Waals surface area contributed by atoms with Crippen LogP contribution in [0.25, 0.3) is 0 Å². The van der Waals surface area contributed by atoms with Gasteiger partial charge >= 0.3 is 0 Å². The fraction of sp³-hybridized carbons (Fsp3) is 0.462. The number of likely N-dealkylation sites (N-methyl/N-ethyl adjacent to an activating group) is 1. The summed E-state index contributed by atoms with van der Waals surface area (Å²) in [4.78, 5) is 0. The molecular weight excluding hydrogens is 235 g/mol. The first kappa shape index (κ1) is 14.4. The van der Waals surface area contributed by atoms with Gasteiger partial charge in [0.1, 0.15) is 35.4 Å². The standard InChI is InChI=1S/C13H17FN2O2/c1-3-16-8-13(2,17)9-18-12-6-4-5-11(14)10(12)7-15/h4-6,16-17H,3,8-9H2,1-2H3. The van der Waals surface area contributed by atoms with Gasteiger partial charge in [0.05, 0.1) is 0 Å². The molecular formula is C13H17FN2O2. The first-order valence-electron chi connectivity index (χ1n) is 5.74. The summed E-state index contributed by atoms with van der Waals surface area (Å²) in [6.07, 6.45) is 0. The number of aliphatic hydroxyl groups is 1. The highest BCUT2D eigenvalue weighted by atomic mass is 19.1. The van der Waals surface area contributed by atoms with Gasteiger partial charge in [-0.05, 0) is 25.6 Å². The summed E-state index contributed by atoms with van der Waals surface area (Å²) in [6, 6.07) is 5.91. The van der Waals surface area contributed by atoms with Crippen molar-refractivity contribution in [3.05, 3.63) is 29.6 Å². The Kier molecular flexibility index (Phi) is 5.08. The summed E-state index contributed by atoms with van der Waals surface area (Å²) in [5.41, 5.74) is -1.22. The third-order valence-electron chi connectivity index (χ3n) is 2.38. The van der Waals surface area contributed by atoms with Crippen LogP contribution >= 0.6 is 0 Å². The number of hydrogen-bond acceptors (Lipinski definition) is 4. The zero-order valence-corrected chi connectivity index (χ0v) is 10.5. The zero-order valence-electron chi connectivity index (χ0n) is 10.5. The minimum absolute atomic E-state index is 0.0157. The van der Waals surface area contributed by atoms with Crippen LogP contribution in [0.4, 0.5) is 4.39 Å². The predicted molar refractivity (Wildman–Crippen MR) is 65.8 cm³/mol. The van der Waals surface area contributed by atoms with Crippen molar-refractivity contribution in [3.8, 4) is 11.8 Å². The van der Waals surface area contributed by atoms with Gasteiger partial charge in [0, 0.05) is 6.54 Å². The van der Waals surface area contributed by atoms with Crippen LogP contribution in [-0.4, -0.2) is 30.4 Å². The first-order valence-corrected chi connectivity index (χ1v) is 5.74. The highest BCUT2D eigenvalue weighted by molar-refractivity contribution is 5.43. The normalized spacial score (nSPS) is 13.7. The lowest BCUT2D eigenvalue weighted by Crippen LogP contribution is -2.42. The number of rotatable bonds is 6. The lowest BCUT2D eigenvalue weighted by atomic mass is 10.1. The number of nitrogens with zero attached hydrogens (tertiary/aromatic N) is 1. The van der Waals surface area contributed by atoms with Crippen LogP contribution in [0.2, 0.25) is 0 Å². The molecule has 0 bridgehead atoms. The molecule has 1 aromatic carbocycles. The van der Waals surface area contributed by atoms with Crippen molar-refractivity contribution >= 4 is 0 Å². The van der Waals surface area contributed by atoms with E-state index in [1.165, 1.54) is 18.2 Å². The number of benzene rings is 1. The van der Waals surface area contributed by atoms with Crippen LogP contribution in [0.5, 0.6) is 5.75 Å². The summed E-state index contributed by atoms with van der Waals surface area (Å²) >= 11 is 0. The molecule has 0 aliphatic heterocycles. The maximum absolute atomic E-state index is 13.3. The molecule has 2 N–H and O–H groups in total. The van der Waals surface area contributed by atoms with Crippen LogP contribution in [0.3, 0.4) is 0 Å². The lowest BCUT2D eigenvalue weighted by Gasteiger charge is -2.23. The molecule has 1 rings (SSSR count). The van der Waals surface area contributed by atoms with E-state index in [0.29, 0.717) is 6.54 Å². The van der Waals surface area contributed by atoms with Crippen molar-refractivity contribution in [1.82, 2.24) is 5.32 Å². The molecule has 4 nitrogen and oxygen atoms in total. The third kappa shape index (κ3) is 3.99. The number of hydrogen-bond donors (Lipinski definition) is 2. The van der Waals surface area contributed by atoms with E-state index in [0.717, 1.165) is 6.54 Å². The number of ether oxygens (including phenoxy) is 1. The van der Waals surface area contributed by atoms with Gasteiger partial charge in [-0.2, -0.15) is 5.26 Å². The molecule has 1 atom stereocenters. The van der Waals surface area contributed by atoms with Crippen LogP contribution < -0.4 is 10.1 Å². The first-order chi connectivity index (χ1) is 8.50. The second-order valence-corrected chi connectivity index (χ2v) is 4.29. The van der Waals surface area contributed by atoms with E-state index >= 15 is 0 Å². The highest BCUT2D eigenvalue weighted by Gasteiger charge is 2.21. The molecule has 98 valence electrons. The van der Waals surface area contributed by atoms with Gasteiger partial charge in [-0.25, -0.2) is 4.39 Å². The molecule has 0 saturated carbocycles. The Hall–Kier alpha value is -1.64. The Balaban J connectivity index is 2.69. The Bertz CT molecular complexity index is 441. The monoisotopic (exact) mass is 252 g/mol. The summed E-state index contributed by atoms with van der Waals surface area (Å²) < 4.78 is 18.6. The molecule has 0 aliphatic carbocycles. The van der Waals surface area contributed by atoms with E-state index in [9.17, 15) is 9.50 Å². The van der Waals surface area contributed by atoms with Gasteiger partial charge in [0.15, 0.2) is 0 Å². The van der Waals surface area contributed by atoms with Crippen LogP contribution in [0, 0.1) is 17.1 Å². The molecule has 0 heterocycles. The molecule has 0 spiro atoms. The van der Waals surface area contributed by atoms with E-state index in [-0.39, 0.29) is 17.9 Å². The SMILES string of the molecule is CCNCC(C)(O)COc1cccc(F)c1C#N. The molecule has 1 unspecified atom stereocenters. The molecule has 0 radical (unpaired) electrons. The molecule has 0 aromatic heterocycles. The molecule has 0 fully saturated rings. The zero-order chi connectivity index (χ0) is 13.6. The molecule has 0 amide bonds. The van der Waals surface area contributed by atoms with Crippen molar-refractivity contribution in [2.75, 3.05) is 19.7 Å². The van der Waals surface area contributed by atoms with Gasteiger partial charge < -0.3 is 15.2 Å². The van der Waals surface area contributed by atoms with Gasteiger partial charge in [0.2, 0.25) is 0 Å². The number of nitriles is 1. The average Bonchev–Trinajstić information content (AvgIpc) is 2.34. The molecule has 1 aromatic rings. The lowest BCUT2D eigenvalue weighted by molar-refractivity contribution is 0.0125.